The molecule has 220 valence electrons. The summed E-state index contributed by atoms with van der Waals surface area (Å²) in [5.41, 5.74) is 0.818. The van der Waals surface area contributed by atoms with Crippen molar-refractivity contribution in [1.82, 2.24) is 14.7 Å². The normalized spacial score (nSPS) is 31.7. The van der Waals surface area contributed by atoms with E-state index in [9.17, 15) is 19.5 Å². The van der Waals surface area contributed by atoms with E-state index in [1.807, 2.05) is 47.4 Å². The van der Waals surface area contributed by atoms with E-state index in [-0.39, 0.29) is 29.6 Å². The van der Waals surface area contributed by atoms with Crippen molar-refractivity contribution in [2.24, 2.45) is 11.8 Å². The van der Waals surface area contributed by atoms with Crippen LogP contribution in [0.1, 0.15) is 19.3 Å². The average molecular weight is 581 g/mol. The molecule has 6 rings (SSSR count). The van der Waals surface area contributed by atoms with Gasteiger partial charge in [0.15, 0.2) is 0 Å². The highest BCUT2D eigenvalue weighted by Gasteiger charge is 2.70. The van der Waals surface area contributed by atoms with E-state index < -0.39 is 22.6 Å². The maximum absolute atomic E-state index is 14.4. The van der Waals surface area contributed by atoms with Gasteiger partial charge >= 0.3 is 0 Å². The van der Waals surface area contributed by atoms with Gasteiger partial charge in [0.05, 0.1) is 29.8 Å². The van der Waals surface area contributed by atoms with E-state index in [0.29, 0.717) is 52.2 Å². The number of carbonyl (C=O) groups is 3. The quantitative estimate of drug-likeness (QED) is 0.352. The van der Waals surface area contributed by atoms with Gasteiger partial charge in [-0.05, 0) is 31.4 Å². The zero-order chi connectivity index (χ0) is 28.4. The Hall–Kier alpha value is -2.66. The summed E-state index contributed by atoms with van der Waals surface area (Å²) in [7, 11) is 0. The minimum absolute atomic E-state index is 0.0263. The molecule has 9 nitrogen and oxygen atoms in total. The van der Waals surface area contributed by atoms with Gasteiger partial charge in [-0.15, -0.1) is 11.8 Å². The molecule has 10 heteroatoms. The number of likely N-dealkylation sites (tertiary alicyclic amines) is 1. The lowest BCUT2D eigenvalue weighted by Crippen LogP contribution is -2.54. The van der Waals surface area contributed by atoms with Gasteiger partial charge in [-0.1, -0.05) is 42.5 Å². The number of aliphatic hydroxyl groups excluding tert-OH is 1. The van der Waals surface area contributed by atoms with Crippen molar-refractivity contribution >= 4 is 35.2 Å². The third kappa shape index (κ3) is 5.24. The van der Waals surface area contributed by atoms with Gasteiger partial charge in [0.2, 0.25) is 17.7 Å². The number of hydrogen-bond acceptors (Lipinski definition) is 7. The summed E-state index contributed by atoms with van der Waals surface area (Å²) in [5.74, 6) is -1.33. The summed E-state index contributed by atoms with van der Waals surface area (Å²) < 4.78 is 4.69. The summed E-state index contributed by atoms with van der Waals surface area (Å²) in [6.45, 7) is 5.99. The highest BCUT2D eigenvalue weighted by molar-refractivity contribution is 8.02. The number of hydrogen-bond donors (Lipinski definition) is 1. The lowest BCUT2D eigenvalue weighted by atomic mass is 9.78. The standard InChI is InChI=1S/C31H40N4O5S/c36-20-6-2-5-14-35-27-30(39)33(17-16-32-18-21-40-22-19-32)13-8-12-31(27)26(29(35)38)25-24(41-31)11-7-15-34(28(25)37)23-9-3-1-4-10-23/h1,3-4,7-12,24-27,36H,2,5-6,13-22H2/t24-,25+,26-,27?,31-/m0/s1. The molecule has 1 spiro atoms. The molecule has 1 aromatic rings. The number of fused-ring (bicyclic) bond motifs is 2. The Balaban J connectivity index is 1.31. The number of anilines is 1. The zero-order valence-corrected chi connectivity index (χ0v) is 24.3. The number of para-hydroxylation sites is 1. The molecule has 3 saturated heterocycles. The van der Waals surface area contributed by atoms with Gasteiger partial charge < -0.3 is 24.5 Å². The molecule has 5 atom stereocenters. The van der Waals surface area contributed by atoms with E-state index in [4.69, 9.17) is 4.74 Å². The lowest BCUT2D eigenvalue weighted by Gasteiger charge is -2.36. The van der Waals surface area contributed by atoms with Crippen LogP contribution in [0.5, 0.6) is 0 Å². The molecular formula is C31H40N4O5S. The van der Waals surface area contributed by atoms with Crippen molar-refractivity contribution in [3.63, 3.8) is 0 Å². The Labute approximate surface area is 246 Å². The number of unbranched alkanes of at least 4 members (excludes halogenated alkanes) is 2. The van der Waals surface area contributed by atoms with Crippen LogP contribution in [0, 0.1) is 11.8 Å². The number of carbonyl (C=O) groups excluding carboxylic acids is 3. The first-order valence-electron chi connectivity index (χ1n) is 14.9. The molecule has 1 aromatic carbocycles. The molecule has 0 bridgehead atoms. The number of ether oxygens (including phenoxy) is 1. The maximum atomic E-state index is 14.4. The third-order valence-electron chi connectivity index (χ3n) is 9.16. The Morgan fingerprint density at radius 2 is 1.71 bits per heavy atom. The lowest BCUT2D eigenvalue weighted by molar-refractivity contribution is -0.142. The van der Waals surface area contributed by atoms with Crippen molar-refractivity contribution in [2.75, 3.05) is 70.5 Å². The molecule has 5 aliphatic rings. The van der Waals surface area contributed by atoms with Gasteiger partial charge in [-0.2, -0.15) is 0 Å². The molecule has 0 aromatic heterocycles. The highest BCUT2D eigenvalue weighted by atomic mass is 32.2. The Morgan fingerprint density at radius 3 is 2.49 bits per heavy atom. The zero-order valence-electron chi connectivity index (χ0n) is 23.5. The second kappa shape index (κ2) is 12.3. The third-order valence-corrected chi connectivity index (χ3v) is 10.9. The van der Waals surface area contributed by atoms with Crippen LogP contribution in [0.2, 0.25) is 0 Å². The maximum Gasteiger partial charge on any atom is 0.247 e. The Kier molecular flexibility index (Phi) is 8.53. The molecule has 0 radical (unpaired) electrons. The summed E-state index contributed by atoms with van der Waals surface area (Å²) in [4.78, 5) is 50.8. The molecule has 1 N–H and O–H groups in total. The van der Waals surface area contributed by atoms with E-state index >= 15 is 0 Å². The summed E-state index contributed by atoms with van der Waals surface area (Å²) >= 11 is 1.63. The molecule has 3 amide bonds. The van der Waals surface area contributed by atoms with Crippen molar-refractivity contribution in [1.29, 1.82) is 0 Å². The van der Waals surface area contributed by atoms with E-state index in [0.717, 1.165) is 31.7 Å². The van der Waals surface area contributed by atoms with Crippen LogP contribution in [-0.2, 0) is 19.1 Å². The number of benzene rings is 1. The number of aliphatic hydroxyl groups is 1. The summed E-state index contributed by atoms with van der Waals surface area (Å²) in [6, 6.07) is 8.97. The van der Waals surface area contributed by atoms with Gasteiger partial charge in [0, 0.05) is 63.4 Å². The molecule has 3 fully saturated rings. The second-order valence-electron chi connectivity index (χ2n) is 11.5. The minimum Gasteiger partial charge on any atom is -0.396 e. The van der Waals surface area contributed by atoms with Crippen molar-refractivity contribution < 1.29 is 24.2 Å². The first-order valence-corrected chi connectivity index (χ1v) is 15.8. The summed E-state index contributed by atoms with van der Waals surface area (Å²) in [5, 5.41) is 9.12. The Morgan fingerprint density at radius 1 is 0.902 bits per heavy atom. The molecule has 1 unspecified atom stereocenters. The molecule has 5 aliphatic heterocycles. The fraction of sp³-hybridized carbons (Fsp3) is 0.581. The van der Waals surface area contributed by atoms with E-state index in [2.05, 4.69) is 17.1 Å². The van der Waals surface area contributed by atoms with Crippen molar-refractivity contribution in [3.05, 3.63) is 54.6 Å². The molecule has 0 aliphatic carbocycles. The smallest absolute Gasteiger partial charge is 0.247 e. The van der Waals surface area contributed by atoms with Gasteiger partial charge in [0.1, 0.15) is 6.04 Å². The number of thioether (sulfide) groups is 1. The topological polar surface area (TPSA) is 93.6 Å². The van der Waals surface area contributed by atoms with Gasteiger partial charge in [0.25, 0.3) is 0 Å². The first-order chi connectivity index (χ1) is 20.0. The predicted octanol–water partition coefficient (Wildman–Crippen LogP) is 1.78. The van der Waals surface area contributed by atoms with Gasteiger partial charge in [-0.3, -0.25) is 19.3 Å². The monoisotopic (exact) mass is 580 g/mol. The van der Waals surface area contributed by atoms with Crippen LogP contribution in [-0.4, -0.2) is 119 Å². The Bertz CT molecular complexity index is 1190. The van der Waals surface area contributed by atoms with Crippen LogP contribution < -0.4 is 4.90 Å². The van der Waals surface area contributed by atoms with E-state index in [1.54, 1.807) is 21.6 Å². The van der Waals surface area contributed by atoms with Crippen LogP contribution in [0.25, 0.3) is 0 Å². The van der Waals surface area contributed by atoms with Crippen LogP contribution in [0.3, 0.4) is 0 Å². The van der Waals surface area contributed by atoms with Crippen molar-refractivity contribution in [2.45, 2.75) is 35.3 Å². The van der Waals surface area contributed by atoms with Crippen LogP contribution in [0.15, 0.2) is 54.6 Å². The second-order valence-corrected chi connectivity index (χ2v) is 13.0. The molecule has 0 saturated carbocycles. The molecule has 41 heavy (non-hydrogen) atoms. The number of amides is 3. The average Bonchev–Trinajstić information content (AvgIpc) is 3.31. The number of rotatable bonds is 9. The van der Waals surface area contributed by atoms with Crippen LogP contribution >= 0.6 is 11.8 Å². The fourth-order valence-electron chi connectivity index (χ4n) is 7.12. The van der Waals surface area contributed by atoms with Gasteiger partial charge in [-0.25, -0.2) is 0 Å². The number of morpholine rings is 1. The number of nitrogens with zero attached hydrogens (tertiary/aromatic N) is 4. The first kappa shape index (κ1) is 28.5. The summed E-state index contributed by atoms with van der Waals surface area (Å²) in [6.07, 6.45) is 10.4. The highest BCUT2D eigenvalue weighted by Crippen LogP contribution is 2.61. The molecule has 5 heterocycles. The largest absolute Gasteiger partial charge is 0.396 e. The van der Waals surface area contributed by atoms with Crippen molar-refractivity contribution in [3.8, 4) is 0 Å². The molecular weight excluding hydrogens is 540 g/mol. The van der Waals surface area contributed by atoms with E-state index in [1.165, 1.54) is 0 Å². The minimum atomic E-state index is -0.798. The SMILES string of the molecule is O=C1C2N(CCCCCO)C(=O)[C@@H]3[C@@H]4C(=O)N(c5ccccc5)CC=C[C@@H]4S[C@]23C=CCN1CCN1CCOCC1. The van der Waals surface area contributed by atoms with Crippen LogP contribution in [0.4, 0.5) is 5.69 Å². The fourth-order valence-corrected chi connectivity index (χ4v) is 9.13. The predicted molar refractivity (Wildman–Crippen MR) is 158 cm³/mol.